The Hall–Kier alpha value is -5.10. The van der Waals surface area contributed by atoms with Gasteiger partial charge in [0, 0.05) is 58.2 Å². The van der Waals surface area contributed by atoms with E-state index in [4.69, 9.17) is 32.7 Å². The Morgan fingerprint density at radius 1 is 0.573 bits per heavy atom. The summed E-state index contributed by atoms with van der Waals surface area (Å²) in [6.45, 7) is 7.49. The number of hydrogen-bond acceptors (Lipinski definition) is 12. The number of aryl methyl sites for hydroxylation is 2. The number of nitrogens with one attached hydrogen (secondary N) is 2. The number of halogens is 2. The molecule has 0 unspecified atom stereocenters. The first-order valence-electron chi connectivity index (χ1n) is 29.8. The molecule has 8 aliphatic rings. The average Bonchev–Trinajstić information content (AvgIpc) is 2.80. The Balaban J connectivity index is 0.000000172. The van der Waals surface area contributed by atoms with Crippen molar-refractivity contribution in [1.29, 1.82) is 0 Å². The first-order chi connectivity index (χ1) is 39.4. The van der Waals surface area contributed by atoms with Gasteiger partial charge in [-0.25, -0.2) is 26.3 Å². The molecule has 0 saturated heterocycles. The molecule has 12 rings (SSSR count). The predicted molar refractivity (Wildman–Crippen MR) is 323 cm³/mol. The summed E-state index contributed by atoms with van der Waals surface area (Å²) >= 11 is 12.8. The van der Waals surface area contributed by atoms with Crippen molar-refractivity contribution in [2.45, 2.75) is 150 Å². The first kappa shape index (κ1) is 58.7. The number of carbonyl (C=O) groups is 2. The molecule has 0 aromatic heterocycles. The zero-order chi connectivity index (χ0) is 57.6. The molecular formula is C64H78Cl2N4O10S2. The minimum Gasteiger partial charge on any atom is -0.490 e. The molecule has 18 heteroatoms. The fourth-order valence-electron chi connectivity index (χ4n) is 14.6. The number of anilines is 2. The van der Waals surface area contributed by atoms with E-state index in [0.717, 1.165) is 98.7 Å². The fourth-order valence-corrected chi connectivity index (χ4v) is 17.7. The second-order valence-electron chi connectivity index (χ2n) is 24.6. The van der Waals surface area contributed by atoms with Gasteiger partial charge in [0.2, 0.25) is 20.0 Å². The molecule has 4 bridgehead atoms. The molecule has 2 fully saturated rings. The maximum Gasteiger partial charge on any atom is 0.264 e. The summed E-state index contributed by atoms with van der Waals surface area (Å²) in [6, 6.07) is 22.8. The zero-order valence-corrected chi connectivity index (χ0v) is 50.2. The van der Waals surface area contributed by atoms with Crippen LogP contribution in [0.15, 0.2) is 97.1 Å². The van der Waals surface area contributed by atoms with E-state index in [0.29, 0.717) is 88.2 Å². The van der Waals surface area contributed by atoms with Crippen molar-refractivity contribution >= 4 is 66.4 Å². The maximum atomic E-state index is 13.3. The quantitative estimate of drug-likeness (QED) is 0.139. The normalized spacial score (nSPS) is 32.0. The third-order valence-electron chi connectivity index (χ3n) is 19.6. The summed E-state index contributed by atoms with van der Waals surface area (Å²) in [5, 5.41) is 22.2. The monoisotopic (exact) mass is 1200 g/mol. The summed E-state index contributed by atoms with van der Waals surface area (Å²) in [4.78, 5) is 31.3. The van der Waals surface area contributed by atoms with Gasteiger partial charge in [0.15, 0.2) is 0 Å². The molecule has 2 spiro atoms. The molecule has 82 heavy (non-hydrogen) atoms. The van der Waals surface area contributed by atoms with Crippen molar-refractivity contribution in [3.8, 4) is 11.5 Å². The number of hydrogen-bond donors (Lipinski definition) is 4. The molecule has 4 aliphatic carbocycles. The highest BCUT2D eigenvalue weighted by Crippen LogP contribution is 2.49. The first-order valence-corrected chi connectivity index (χ1v) is 33.6. The van der Waals surface area contributed by atoms with Crippen LogP contribution in [0.2, 0.25) is 10.0 Å². The van der Waals surface area contributed by atoms with Crippen molar-refractivity contribution in [3.63, 3.8) is 0 Å². The Labute approximate surface area is 494 Å². The minimum absolute atomic E-state index is 0.172. The summed E-state index contributed by atoms with van der Waals surface area (Å²) < 4.78 is 70.2. The van der Waals surface area contributed by atoms with Crippen LogP contribution >= 0.6 is 23.2 Å². The van der Waals surface area contributed by atoms with Gasteiger partial charge < -0.3 is 29.5 Å². The molecule has 2 saturated carbocycles. The third-order valence-corrected chi connectivity index (χ3v) is 23.8. The lowest BCUT2D eigenvalue weighted by Crippen LogP contribution is -2.49. The number of sulfonamides is 2. The van der Waals surface area contributed by atoms with Crippen LogP contribution < -0.4 is 28.7 Å². The highest BCUT2D eigenvalue weighted by atomic mass is 35.5. The van der Waals surface area contributed by atoms with Crippen molar-refractivity contribution in [2.75, 3.05) is 49.2 Å². The zero-order valence-electron chi connectivity index (χ0n) is 47.0. The Morgan fingerprint density at radius 2 is 0.988 bits per heavy atom. The van der Waals surface area contributed by atoms with Crippen LogP contribution in [0.3, 0.4) is 0 Å². The van der Waals surface area contributed by atoms with E-state index >= 15 is 0 Å². The second kappa shape index (κ2) is 24.1. The van der Waals surface area contributed by atoms with Crippen LogP contribution in [-0.4, -0.2) is 101 Å². The van der Waals surface area contributed by atoms with Gasteiger partial charge in [-0.2, -0.15) is 0 Å². The summed E-state index contributed by atoms with van der Waals surface area (Å²) in [5.41, 5.74) is 6.71. The van der Waals surface area contributed by atoms with Crippen LogP contribution in [0.5, 0.6) is 11.5 Å². The number of aliphatic hydroxyl groups excluding tert-OH is 2. The molecule has 4 aromatic carbocycles. The maximum absolute atomic E-state index is 13.3. The number of carbonyl (C=O) groups excluding carboxylic acids is 2. The van der Waals surface area contributed by atoms with Crippen LogP contribution in [0.1, 0.15) is 147 Å². The van der Waals surface area contributed by atoms with Gasteiger partial charge in [-0.05, 0) is 209 Å². The topological polar surface area (TPSA) is 192 Å². The van der Waals surface area contributed by atoms with Gasteiger partial charge in [-0.15, -0.1) is 0 Å². The van der Waals surface area contributed by atoms with Crippen molar-refractivity contribution < 1.29 is 46.1 Å². The molecule has 10 atom stereocenters. The van der Waals surface area contributed by atoms with E-state index in [2.05, 4.69) is 43.5 Å². The van der Waals surface area contributed by atoms with Gasteiger partial charge in [-0.1, -0.05) is 73.5 Å². The number of benzene rings is 4. The van der Waals surface area contributed by atoms with Gasteiger partial charge in [0.05, 0.1) is 47.3 Å². The van der Waals surface area contributed by atoms with Crippen molar-refractivity contribution in [1.82, 2.24) is 9.44 Å². The number of nitrogens with zero attached hydrogens (tertiary/aromatic N) is 2. The van der Waals surface area contributed by atoms with Crippen LogP contribution in [0, 0.1) is 23.7 Å². The minimum atomic E-state index is -3.89. The molecule has 2 amide bonds. The standard InChI is InChI=1S/2C32H39ClN2O5S/c2*1-2-25-7-3-4-8-29(36)26-12-9-23(26)18-35-19-32(15-5-6-21-16-24(33)11-13-27(21)32)20-40-30-14-10-22(17-28(30)35)31(37)34-41(25,38)39/h2*3-4,10-11,13-14,16-17,23,25-26,29,36H,2,5-9,12,15,18-20H2,1H3,(H,34,37)/b4-3+;4-3-/t2*23-,25-,26+,29-,32-/m00/s1. The number of amides is 2. The average molecular weight is 1200 g/mol. The van der Waals surface area contributed by atoms with Gasteiger partial charge in [0.25, 0.3) is 11.8 Å². The van der Waals surface area contributed by atoms with Gasteiger partial charge in [0.1, 0.15) is 11.5 Å². The highest BCUT2D eigenvalue weighted by molar-refractivity contribution is 7.91. The molecular weight excluding hydrogens is 1120 g/mol. The van der Waals surface area contributed by atoms with E-state index in [1.165, 1.54) is 22.3 Å². The van der Waals surface area contributed by atoms with Gasteiger partial charge >= 0.3 is 0 Å². The number of aliphatic hydroxyl groups is 2. The van der Waals surface area contributed by atoms with Crippen molar-refractivity contribution in [3.05, 3.63) is 141 Å². The molecule has 4 N–H and O–H groups in total. The Bertz CT molecular complexity index is 3140. The predicted octanol–water partition coefficient (Wildman–Crippen LogP) is 10.8. The van der Waals surface area contributed by atoms with E-state index in [-0.39, 0.29) is 33.8 Å². The number of ether oxygens (including phenoxy) is 2. The van der Waals surface area contributed by atoms with E-state index in [9.17, 15) is 36.6 Å². The third kappa shape index (κ3) is 12.0. The van der Waals surface area contributed by atoms with E-state index in [1.807, 2.05) is 36.4 Å². The number of rotatable bonds is 2. The fraction of sp³-hybridized carbons (Fsp3) is 0.531. The van der Waals surface area contributed by atoms with Crippen LogP contribution in [0.25, 0.3) is 0 Å². The number of fused-ring (bicyclic) bond motifs is 8. The van der Waals surface area contributed by atoms with Gasteiger partial charge in [-0.3, -0.25) is 9.59 Å². The Kier molecular flexibility index (Phi) is 17.2. The highest BCUT2D eigenvalue weighted by Gasteiger charge is 2.47. The Morgan fingerprint density at radius 3 is 1.38 bits per heavy atom. The summed E-state index contributed by atoms with van der Waals surface area (Å²) in [5.74, 6) is 1.08. The molecule has 440 valence electrons. The molecule has 0 radical (unpaired) electrons. The molecule has 4 heterocycles. The largest absolute Gasteiger partial charge is 0.490 e. The summed E-state index contributed by atoms with van der Waals surface area (Å²) in [6.07, 6.45) is 18.8. The number of allylic oxidation sites excluding steroid dienone is 2. The van der Waals surface area contributed by atoms with Crippen LogP contribution in [0.4, 0.5) is 11.4 Å². The second-order valence-corrected chi connectivity index (χ2v) is 29.4. The molecule has 4 aromatic rings. The molecule has 4 aliphatic heterocycles. The lowest BCUT2D eigenvalue weighted by molar-refractivity contribution is 0.0175. The molecule has 14 nitrogen and oxygen atoms in total. The SMILES string of the molecule is CC[C@H]1C/C=C/C[C@H](O)[C@@H]2CC[C@H]2CN2C[C@@]3(CCCc4cc(Cl)ccc43)COc3ccc(cc32)C(=O)NS1(=O)=O.CC[C@H]1C/C=C\C[C@H](O)[C@@H]2CC[C@H]2CN2C[C@@]3(CCCc4cc(Cl)ccc43)COc3ccc(cc32)C(=O)NS1(=O)=O. The lowest BCUT2D eigenvalue weighted by Gasteiger charge is -2.45. The smallest absolute Gasteiger partial charge is 0.264 e. The van der Waals surface area contributed by atoms with Crippen molar-refractivity contribution in [2.24, 2.45) is 23.7 Å². The summed E-state index contributed by atoms with van der Waals surface area (Å²) in [7, 11) is -7.78. The lowest BCUT2D eigenvalue weighted by atomic mass is 9.68. The van der Waals surface area contributed by atoms with Crippen LogP contribution in [-0.2, 0) is 43.7 Å². The van der Waals surface area contributed by atoms with E-state index in [1.54, 1.807) is 50.2 Å². The van der Waals surface area contributed by atoms with E-state index < -0.39 is 54.6 Å².